The largest absolute Gasteiger partial charge is 0.481 e. The Morgan fingerprint density at radius 3 is 2.54 bits per heavy atom. The lowest BCUT2D eigenvalue weighted by atomic mass is 9.98. The summed E-state index contributed by atoms with van der Waals surface area (Å²) in [6.07, 6.45) is -4.20. The molecule has 2 aromatic rings. The smallest absolute Gasteiger partial charge is 0.417 e. The number of amides is 3. The van der Waals surface area contributed by atoms with Crippen molar-refractivity contribution in [2.45, 2.75) is 63.8 Å². The molecule has 5 N–H and O–H groups in total. The number of likely N-dealkylation sites (tertiary alicyclic amines) is 1. The van der Waals surface area contributed by atoms with Gasteiger partial charge in [-0.1, -0.05) is 20.3 Å². The van der Waals surface area contributed by atoms with E-state index in [9.17, 15) is 42.3 Å². The van der Waals surface area contributed by atoms with Crippen molar-refractivity contribution in [3.05, 3.63) is 40.2 Å². The summed E-state index contributed by atoms with van der Waals surface area (Å²) < 4.78 is 44.7. The number of carboxylic acids is 1. The fourth-order valence-electron chi connectivity index (χ4n) is 4.35. The molecule has 14 heteroatoms. The summed E-state index contributed by atoms with van der Waals surface area (Å²) in [4.78, 5) is 63.2. The molecular weight excluding hydrogens is 525 g/mol. The number of fused-ring (bicyclic) bond motifs is 1. The number of nitrogens with one attached hydrogen (secondary N) is 2. The highest BCUT2D eigenvalue weighted by molar-refractivity contribution is 6.01. The normalized spacial score (nSPS) is 17.9. The predicted octanol–water partition coefficient (Wildman–Crippen LogP) is 2.07. The Labute approximate surface area is 220 Å². The van der Waals surface area contributed by atoms with Crippen LogP contribution in [0.1, 0.15) is 45.1 Å². The monoisotopic (exact) mass is 554 g/mol. The van der Waals surface area contributed by atoms with Crippen molar-refractivity contribution in [1.29, 1.82) is 0 Å². The molecular formula is C25H29F3N4O7. The first-order valence-electron chi connectivity index (χ1n) is 12.3. The van der Waals surface area contributed by atoms with Crippen LogP contribution in [0.2, 0.25) is 0 Å². The molecule has 0 spiro atoms. The molecule has 1 aromatic carbocycles. The molecule has 3 rings (SSSR count). The van der Waals surface area contributed by atoms with E-state index in [1.165, 1.54) is 4.90 Å². The van der Waals surface area contributed by atoms with E-state index in [4.69, 9.17) is 10.2 Å². The van der Waals surface area contributed by atoms with Crippen LogP contribution in [-0.2, 0) is 25.4 Å². The standard InChI is InChI=1S/C25H29F3N4O7/c1-3-12(2)21(29)24(38)32-8-4-5-17(32)23(37)31-16(11-19(33)34)22(36)30-13-6-7-14-15(25(26,27)28)10-20(35)39-18(14)9-13/h6-7,9-10,12,16-17,21H,3-5,8,11,29H2,1-2H3,(H,30,36)(H,31,37)(H,33,34). The number of anilines is 1. The molecule has 4 atom stereocenters. The average molecular weight is 555 g/mol. The molecule has 1 aromatic heterocycles. The zero-order chi connectivity index (χ0) is 29.1. The van der Waals surface area contributed by atoms with Crippen molar-refractivity contribution in [3.8, 4) is 0 Å². The van der Waals surface area contributed by atoms with E-state index in [0.29, 0.717) is 18.9 Å². The van der Waals surface area contributed by atoms with Crippen LogP contribution in [0.5, 0.6) is 0 Å². The first-order valence-corrected chi connectivity index (χ1v) is 12.3. The van der Waals surface area contributed by atoms with E-state index in [-0.39, 0.29) is 24.6 Å². The van der Waals surface area contributed by atoms with Crippen LogP contribution in [0, 0.1) is 5.92 Å². The van der Waals surface area contributed by atoms with Crippen molar-refractivity contribution in [3.63, 3.8) is 0 Å². The molecule has 1 saturated heterocycles. The molecule has 0 saturated carbocycles. The Morgan fingerprint density at radius 1 is 1.23 bits per heavy atom. The number of hydrogen-bond acceptors (Lipinski definition) is 7. The molecule has 0 aliphatic carbocycles. The van der Waals surface area contributed by atoms with E-state index < -0.39 is 76.6 Å². The molecule has 2 heterocycles. The van der Waals surface area contributed by atoms with Crippen molar-refractivity contribution < 1.29 is 41.9 Å². The third-order valence-corrected chi connectivity index (χ3v) is 6.71. The molecule has 39 heavy (non-hydrogen) atoms. The number of aliphatic carboxylic acids is 1. The lowest BCUT2D eigenvalue weighted by molar-refractivity contribution is -0.142. The maximum absolute atomic E-state index is 13.3. The van der Waals surface area contributed by atoms with Crippen LogP contribution in [0.4, 0.5) is 18.9 Å². The van der Waals surface area contributed by atoms with Gasteiger partial charge in [0.1, 0.15) is 17.7 Å². The van der Waals surface area contributed by atoms with Crippen LogP contribution >= 0.6 is 0 Å². The van der Waals surface area contributed by atoms with Crippen LogP contribution in [-0.4, -0.2) is 58.4 Å². The second kappa shape index (κ2) is 11.8. The van der Waals surface area contributed by atoms with Gasteiger partial charge in [-0.25, -0.2) is 4.79 Å². The number of carboxylic acid groups (broad SMARTS) is 1. The van der Waals surface area contributed by atoms with Crippen molar-refractivity contribution in [1.82, 2.24) is 10.2 Å². The molecule has 1 aliphatic heterocycles. The topological polar surface area (TPSA) is 172 Å². The third-order valence-electron chi connectivity index (χ3n) is 6.71. The number of halogens is 3. The first kappa shape index (κ1) is 29.6. The average Bonchev–Trinajstić information content (AvgIpc) is 3.35. The van der Waals surface area contributed by atoms with E-state index in [1.54, 1.807) is 0 Å². The fraction of sp³-hybridized carbons (Fsp3) is 0.480. The van der Waals surface area contributed by atoms with Crippen LogP contribution in [0.25, 0.3) is 11.0 Å². The summed E-state index contributed by atoms with van der Waals surface area (Å²) in [5.41, 5.74) is 3.02. The molecule has 1 aliphatic rings. The van der Waals surface area contributed by atoms with Gasteiger partial charge < -0.3 is 30.8 Å². The zero-order valence-electron chi connectivity index (χ0n) is 21.2. The van der Waals surface area contributed by atoms with Gasteiger partial charge >= 0.3 is 17.8 Å². The number of benzene rings is 1. The van der Waals surface area contributed by atoms with Crippen LogP contribution < -0.4 is 22.0 Å². The summed E-state index contributed by atoms with van der Waals surface area (Å²) in [5.74, 6) is -3.68. The predicted molar refractivity (Wildman–Crippen MR) is 132 cm³/mol. The Hall–Kier alpha value is -3.94. The van der Waals surface area contributed by atoms with Gasteiger partial charge in [0.15, 0.2) is 0 Å². The van der Waals surface area contributed by atoms with Gasteiger partial charge in [-0.2, -0.15) is 13.2 Å². The minimum atomic E-state index is -4.83. The Balaban J connectivity index is 1.79. The number of rotatable bonds is 9. The summed E-state index contributed by atoms with van der Waals surface area (Å²) in [6, 6.07) is 0.0373. The molecule has 1 fully saturated rings. The number of carbonyl (C=O) groups is 4. The lowest BCUT2D eigenvalue weighted by Crippen LogP contribution is -2.55. The van der Waals surface area contributed by atoms with Gasteiger partial charge in [-0.05, 0) is 30.9 Å². The number of alkyl halides is 3. The van der Waals surface area contributed by atoms with E-state index in [0.717, 1.165) is 18.2 Å². The SMILES string of the molecule is CCC(C)C(N)C(=O)N1CCCC1C(=O)NC(CC(=O)O)C(=O)Nc1ccc2c(C(F)(F)F)cc(=O)oc2c1. The minimum absolute atomic E-state index is 0.100. The molecule has 11 nitrogen and oxygen atoms in total. The fourth-order valence-corrected chi connectivity index (χ4v) is 4.35. The molecule has 0 radical (unpaired) electrons. The quantitative estimate of drug-likeness (QED) is 0.341. The summed E-state index contributed by atoms with van der Waals surface area (Å²) in [6.45, 7) is 3.96. The van der Waals surface area contributed by atoms with E-state index >= 15 is 0 Å². The maximum atomic E-state index is 13.3. The van der Waals surface area contributed by atoms with Crippen LogP contribution in [0.15, 0.2) is 33.5 Å². The molecule has 212 valence electrons. The van der Waals surface area contributed by atoms with E-state index in [1.807, 2.05) is 13.8 Å². The zero-order valence-corrected chi connectivity index (χ0v) is 21.2. The number of hydrogen-bond donors (Lipinski definition) is 4. The number of carbonyl (C=O) groups excluding carboxylic acids is 3. The Morgan fingerprint density at radius 2 is 1.92 bits per heavy atom. The van der Waals surface area contributed by atoms with Crippen molar-refractivity contribution in [2.75, 3.05) is 11.9 Å². The van der Waals surface area contributed by atoms with Gasteiger partial charge in [0.2, 0.25) is 17.7 Å². The third kappa shape index (κ3) is 6.93. The summed E-state index contributed by atoms with van der Waals surface area (Å²) in [5, 5.41) is 13.6. The number of nitrogens with two attached hydrogens (primary N) is 1. The summed E-state index contributed by atoms with van der Waals surface area (Å²) in [7, 11) is 0. The van der Waals surface area contributed by atoms with Crippen molar-refractivity contribution >= 4 is 40.3 Å². The second-order valence-corrected chi connectivity index (χ2v) is 9.44. The minimum Gasteiger partial charge on any atom is -0.481 e. The first-order chi connectivity index (χ1) is 18.2. The molecule has 3 amide bonds. The van der Waals surface area contributed by atoms with Gasteiger partial charge in [0.05, 0.1) is 18.0 Å². The van der Waals surface area contributed by atoms with Gasteiger partial charge in [0, 0.05) is 29.8 Å². The highest BCUT2D eigenvalue weighted by Crippen LogP contribution is 2.34. The maximum Gasteiger partial charge on any atom is 0.417 e. The van der Waals surface area contributed by atoms with Crippen molar-refractivity contribution in [2.24, 2.45) is 11.7 Å². The molecule has 0 bridgehead atoms. The van der Waals surface area contributed by atoms with Gasteiger partial charge in [-0.3, -0.25) is 19.2 Å². The second-order valence-electron chi connectivity index (χ2n) is 9.44. The summed E-state index contributed by atoms with van der Waals surface area (Å²) >= 11 is 0. The lowest BCUT2D eigenvalue weighted by Gasteiger charge is -2.29. The Bertz CT molecular complexity index is 1330. The molecule has 4 unspecified atom stereocenters. The van der Waals surface area contributed by atoms with E-state index in [2.05, 4.69) is 10.6 Å². The Kier molecular flexibility index (Phi) is 8.99. The van der Waals surface area contributed by atoms with Gasteiger partial charge in [0.25, 0.3) is 0 Å². The van der Waals surface area contributed by atoms with Gasteiger partial charge in [-0.15, -0.1) is 0 Å². The highest BCUT2D eigenvalue weighted by atomic mass is 19.4. The van der Waals surface area contributed by atoms with Crippen LogP contribution in [0.3, 0.4) is 0 Å². The number of nitrogens with zero attached hydrogens (tertiary/aromatic N) is 1. The highest BCUT2D eigenvalue weighted by Gasteiger charge is 2.39.